The summed E-state index contributed by atoms with van der Waals surface area (Å²) in [6.45, 7) is 3.37. The fraction of sp³-hybridized carbons (Fsp3) is 0.304. The van der Waals surface area contributed by atoms with Crippen LogP contribution >= 0.6 is 11.6 Å². The molecule has 2 amide bonds. The summed E-state index contributed by atoms with van der Waals surface area (Å²) in [4.78, 5) is 36.3. The zero-order valence-corrected chi connectivity index (χ0v) is 19.5. The number of amides is 2. The number of hydrogen-bond acceptors (Lipinski definition) is 7. The Morgan fingerprint density at radius 1 is 1.06 bits per heavy atom. The second-order valence-corrected chi connectivity index (χ2v) is 7.65. The number of hydrazone groups is 1. The Labute approximate surface area is 197 Å². The summed E-state index contributed by atoms with van der Waals surface area (Å²) >= 11 is 5.85. The molecule has 2 N–H and O–H groups in total. The first-order valence-electron chi connectivity index (χ1n) is 10.0. The van der Waals surface area contributed by atoms with Crippen LogP contribution in [0.5, 0.6) is 11.5 Å². The Bertz CT molecular complexity index is 1010. The predicted molar refractivity (Wildman–Crippen MR) is 124 cm³/mol. The molecule has 9 nitrogen and oxygen atoms in total. The first-order chi connectivity index (χ1) is 15.7. The van der Waals surface area contributed by atoms with Gasteiger partial charge in [-0.3, -0.25) is 9.59 Å². The number of halogens is 1. The molecule has 1 unspecified atom stereocenters. The monoisotopic (exact) mass is 475 g/mol. The summed E-state index contributed by atoms with van der Waals surface area (Å²) in [6, 6.07) is 10.5. The summed E-state index contributed by atoms with van der Waals surface area (Å²) in [5.41, 5.74) is 3.45. The molecule has 0 fully saturated rings. The molecule has 0 aliphatic rings. The molecule has 2 aromatic carbocycles. The van der Waals surface area contributed by atoms with E-state index in [0.29, 0.717) is 27.6 Å². The predicted octanol–water partition coefficient (Wildman–Crippen LogP) is 2.81. The van der Waals surface area contributed by atoms with Crippen LogP contribution in [-0.2, 0) is 14.3 Å². The van der Waals surface area contributed by atoms with Crippen LogP contribution in [0.25, 0.3) is 0 Å². The number of benzene rings is 2. The summed E-state index contributed by atoms with van der Waals surface area (Å²) in [7, 11) is 2.73. The summed E-state index contributed by atoms with van der Waals surface area (Å²) < 4.78 is 15.2. The van der Waals surface area contributed by atoms with Crippen molar-refractivity contribution in [1.29, 1.82) is 0 Å². The number of methoxy groups -OCH3 is 2. The zero-order chi connectivity index (χ0) is 24.4. The first-order valence-corrected chi connectivity index (χ1v) is 10.4. The van der Waals surface area contributed by atoms with E-state index in [-0.39, 0.29) is 12.5 Å². The molecule has 0 radical (unpaired) electrons. The minimum atomic E-state index is -0.797. The lowest BCUT2D eigenvalue weighted by Crippen LogP contribution is -2.48. The van der Waals surface area contributed by atoms with Crippen LogP contribution in [0.1, 0.15) is 29.8 Å². The van der Waals surface area contributed by atoms with Crippen LogP contribution in [0, 0.1) is 5.92 Å². The van der Waals surface area contributed by atoms with Crippen LogP contribution in [0.3, 0.4) is 0 Å². The van der Waals surface area contributed by atoms with Crippen LogP contribution in [-0.4, -0.2) is 50.9 Å². The third kappa shape index (κ3) is 7.80. The van der Waals surface area contributed by atoms with Crippen molar-refractivity contribution in [2.24, 2.45) is 11.0 Å². The maximum Gasteiger partial charge on any atom is 0.343 e. The Morgan fingerprint density at radius 2 is 1.76 bits per heavy atom. The van der Waals surface area contributed by atoms with E-state index in [1.807, 2.05) is 13.8 Å². The van der Waals surface area contributed by atoms with Gasteiger partial charge in [0.05, 0.1) is 20.4 Å². The topological polar surface area (TPSA) is 115 Å². The Kier molecular flexibility index (Phi) is 9.68. The molecule has 0 aromatic heterocycles. The van der Waals surface area contributed by atoms with Crippen LogP contribution < -0.4 is 20.2 Å². The molecule has 0 aliphatic heterocycles. The highest BCUT2D eigenvalue weighted by Crippen LogP contribution is 2.27. The SMILES string of the molecule is COC(=O)COc1ccc(C=NNC(=O)C(NC(=O)c2ccc(Cl)cc2)C(C)C)cc1OC. The van der Waals surface area contributed by atoms with Crippen LogP contribution in [0.4, 0.5) is 0 Å². The Morgan fingerprint density at radius 3 is 2.36 bits per heavy atom. The Balaban J connectivity index is 2.01. The highest BCUT2D eigenvalue weighted by molar-refractivity contribution is 6.30. The van der Waals surface area contributed by atoms with Gasteiger partial charge in [-0.25, -0.2) is 10.2 Å². The van der Waals surface area contributed by atoms with Crippen molar-refractivity contribution >= 4 is 35.6 Å². The molecule has 0 bridgehead atoms. The minimum absolute atomic E-state index is 0.178. The van der Waals surface area contributed by atoms with Crippen molar-refractivity contribution < 1.29 is 28.6 Å². The smallest absolute Gasteiger partial charge is 0.343 e. The van der Waals surface area contributed by atoms with Crippen molar-refractivity contribution in [1.82, 2.24) is 10.7 Å². The molecule has 1 atom stereocenters. The second kappa shape index (κ2) is 12.4. The minimum Gasteiger partial charge on any atom is -0.493 e. The van der Waals surface area contributed by atoms with Crippen LogP contribution in [0.15, 0.2) is 47.6 Å². The van der Waals surface area contributed by atoms with E-state index in [0.717, 1.165) is 0 Å². The van der Waals surface area contributed by atoms with Gasteiger partial charge in [0.1, 0.15) is 6.04 Å². The maximum absolute atomic E-state index is 12.6. The molecule has 0 heterocycles. The summed E-state index contributed by atoms with van der Waals surface area (Å²) in [5.74, 6) is -0.820. The van der Waals surface area contributed by atoms with Crippen molar-refractivity contribution in [3.63, 3.8) is 0 Å². The fourth-order valence-electron chi connectivity index (χ4n) is 2.68. The highest BCUT2D eigenvalue weighted by atomic mass is 35.5. The first kappa shape index (κ1) is 25.7. The number of carbonyl (C=O) groups is 3. The third-order valence-corrected chi connectivity index (χ3v) is 4.74. The number of nitrogens with one attached hydrogen (secondary N) is 2. The molecule has 0 saturated heterocycles. The fourth-order valence-corrected chi connectivity index (χ4v) is 2.81. The molecule has 10 heteroatoms. The molecule has 0 spiro atoms. The molecule has 176 valence electrons. The van der Waals surface area contributed by atoms with Gasteiger partial charge >= 0.3 is 5.97 Å². The standard InChI is InChI=1S/C23H26ClN3O6/c1-14(2)21(26-22(29)16-6-8-17(24)9-7-16)23(30)27-25-12-15-5-10-18(19(11-15)31-3)33-13-20(28)32-4/h5-12,14,21H,13H2,1-4H3,(H,26,29)(H,27,30). The van der Waals surface area contributed by atoms with E-state index in [1.165, 1.54) is 20.4 Å². The van der Waals surface area contributed by atoms with Gasteiger partial charge < -0.3 is 19.5 Å². The Hall–Kier alpha value is -3.59. The molecule has 2 aromatic rings. The number of carbonyl (C=O) groups excluding carboxylic acids is 3. The average Bonchev–Trinajstić information content (AvgIpc) is 2.81. The lowest BCUT2D eigenvalue weighted by molar-refractivity contribution is -0.142. The van der Waals surface area contributed by atoms with Gasteiger partial charge in [0, 0.05) is 10.6 Å². The zero-order valence-electron chi connectivity index (χ0n) is 18.8. The van der Waals surface area contributed by atoms with Crippen molar-refractivity contribution in [2.45, 2.75) is 19.9 Å². The lowest BCUT2D eigenvalue weighted by Gasteiger charge is -2.20. The molecule has 33 heavy (non-hydrogen) atoms. The molecular formula is C23H26ClN3O6. The van der Waals surface area contributed by atoms with Crippen molar-refractivity contribution in [3.05, 3.63) is 58.6 Å². The van der Waals surface area contributed by atoms with Gasteiger partial charge in [-0.15, -0.1) is 0 Å². The van der Waals surface area contributed by atoms with Crippen molar-refractivity contribution in [2.75, 3.05) is 20.8 Å². The van der Waals surface area contributed by atoms with E-state index >= 15 is 0 Å². The van der Waals surface area contributed by atoms with E-state index in [2.05, 4.69) is 20.6 Å². The second-order valence-electron chi connectivity index (χ2n) is 7.21. The van der Waals surface area contributed by atoms with E-state index < -0.39 is 23.8 Å². The number of hydrogen-bond donors (Lipinski definition) is 2. The highest BCUT2D eigenvalue weighted by Gasteiger charge is 2.24. The molecule has 2 rings (SSSR count). The number of esters is 1. The van der Waals surface area contributed by atoms with Gasteiger partial charge in [0.25, 0.3) is 11.8 Å². The number of ether oxygens (including phenoxy) is 3. The molecular weight excluding hydrogens is 450 g/mol. The van der Waals surface area contributed by atoms with Gasteiger partial charge in [-0.2, -0.15) is 5.10 Å². The summed E-state index contributed by atoms with van der Waals surface area (Å²) in [6.07, 6.45) is 1.42. The maximum atomic E-state index is 12.6. The van der Waals surface area contributed by atoms with E-state index in [4.69, 9.17) is 21.1 Å². The average molecular weight is 476 g/mol. The quantitative estimate of drug-likeness (QED) is 0.310. The van der Waals surface area contributed by atoms with E-state index in [1.54, 1.807) is 42.5 Å². The third-order valence-electron chi connectivity index (χ3n) is 4.49. The number of rotatable bonds is 10. The molecule has 0 aliphatic carbocycles. The van der Waals surface area contributed by atoms with Crippen molar-refractivity contribution in [3.8, 4) is 11.5 Å². The largest absolute Gasteiger partial charge is 0.493 e. The van der Waals surface area contributed by atoms with Gasteiger partial charge in [0.15, 0.2) is 18.1 Å². The van der Waals surface area contributed by atoms with Gasteiger partial charge in [-0.05, 0) is 53.9 Å². The van der Waals surface area contributed by atoms with E-state index in [9.17, 15) is 14.4 Å². The van der Waals surface area contributed by atoms with Gasteiger partial charge in [0.2, 0.25) is 0 Å². The lowest BCUT2D eigenvalue weighted by atomic mass is 10.0. The summed E-state index contributed by atoms with van der Waals surface area (Å²) in [5, 5.41) is 7.19. The normalized spacial score (nSPS) is 11.7. The van der Waals surface area contributed by atoms with Crippen LogP contribution in [0.2, 0.25) is 5.02 Å². The number of nitrogens with zero attached hydrogens (tertiary/aromatic N) is 1. The molecule has 0 saturated carbocycles. The van der Waals surface area contributed by atoms with Gasteiger partial charge in [-0.1, -0.05) is 25.4 Å².